The maximum absolute atomic E-state index is 6.21. The summed E-state index contributed by atoms with van der Waals surface area (Å²) in [5.74, 6) is 1.000. The van der Waals surface area contributed by atoms with Crippen LogP contribution in [0.25, 0.3) is 0 Å². The third kappa shape index (κ3) is 5.03. The van der Waals surface area contributed by atoms with Gasteiger partial charge in [0.15, 0.2) is 0 Å². The molecule has 0 spiro atoms. The van der Waals surface area contributed by atoms with Crippen LogP contribution < -0.4 is 5.73 Å². The van der Waals surface area contributed by atoms with Gasteiger partial charge in [0.2, 0.25) is 0 Å². The molecule has 1 nitrogen and oxygen atoms in total. The second-order valence-electron chi connectivity index (χ2n) is 5.21. The van der Waals surface area contributed by atoms with Gasteiger partial charge in [-0.2, -0.15) is 0 Å². The van der Waals surface area contributed by atoms with Gasteiger partial charge in [-0.15, -0.1) is 11.8 Å². The standard InChI is InChI=1S/C18H23NS/c1-15-8-5-6-13-18(15)20-14-17(19)12-7-11-16-9-3-2-4-10-16/h2-6,8-10,13,17H,7,11-12,14,19H2,1H3. The maximum atomic E-state index is 6.21. The van der Waals surface area contributed by atoms with Crippen LogP contribution in [0, 0.1) is 6.92 Å². The fraction of sp³-hybridized carbons (Fsp3) is 0.333. The average molecular weight is 285 g/mol. The van der Waals surface area contributed by atoms with E-state index in [-0.39, 0.29) is 6.04 Å². The number of nitrogens with two attached hydrogens (primary N) is 1. The summed E-state index contributed by atoms with van der Waals surface area (Å²) in [5.41, 5.74) is 8.97. The van der Waals surface area contributed by atoms with Crippen molar-refractivity contribution in [2.45, 2.75) is 37.1 Å². The van der Waals surface area contributed by atoms with Crippen LogP contribution in [0.1, 0.15) is 24.0 Å². The van der Waals surface area contributed by atoms with Crippen molar-refractivity contribution in [3.63, 3.8) is 0 Å². The predicted octanol–water partition coefficient (Wildman–Crippen LogP) is 4.44. The molecule has 106 valence electrons. The number of hydrogen-bond acceptors (Lipinski definition) is 2. The number of aryl methyl sites for hydroxylation is 2. The molecule has 0 fully saturated rings. The molecule has 2 rings (SSSR count). The molecular weight excluding hydrogens is 262 g/mol. The minimum atomic E-state index is 0.281. The van der Waals surface area contributed by atoms with Gasteiger partial charge in [0.05, 0.1) is 0 Å². The van der Waals surface area contributed by atoms with E-state index in [0.29, 0.717) is 0 Å². The van der Waals surface area contributed by atoms with Crippen LogP contribution in [0.5, 0.6) is 0 Å². The third-order valence-corrected chi connectivity index (χ3v) is 4.79. The maximum Gasteiger partial charge on any atom is 0.0134 e. The van der Waals surface area contributed by atoms with Crippen LogP contribution in [0.15, 0.2) is 59.5 Å². The highest BCUT2D eigenvalue weighted by Gasteiger charge is 2.05. The molecule has 20 heavy (non-hydrogen) atoms. The zero-order valence-corrected chi connectivity index (χ0v) is 12.9. The van der Waals surface area contributed by atoms with Gasteiger partial charge in [-0.1, -0.05) is 48.5 Å². The number of rotatable bonds is 7. The van der Waals surface area contributed by atoms with E-state index in [9.17, 15) is 0 Å². The molecule has 0 aromatic heterocycles. The van der Waals surface area contributed by atoms with Crippen molar-refractivity contribution >= 4 is 11.8 Å². The van der Waals surface area contributed by atoms with Crippen LogP contribution in [-0.4, -0.2) is 11.8 Å². The summed E-state index contributed by atoms with van der Waals surface area (Å²) in [7, 11) is 0. The first-order valence-corrected chi connectivity index (χ1v) is 8.22. The molecule has 0 amide bonds. The second-order valence-corrected chi connectivity index (χ2v) is 6.28. The van der Waals surface area contributed by atoms with E-state index >= 15 is 0 Å². The Bertz CT molecular complexity index is 510. The zero-order valence-electron chi connectivity index (χ0n) is 12.1. The molecule has 2 heteroatoms. The lowest BCUT2D eigenvalue weighted by molar-refractivity contribution is 0.631. The lowest BCUT2D eigenvalue weighted by Crippen LogP contribution is -2.22. The van der Waals surface area contributed by atoms with E-state index in [1.165, 1.54) is 22.4 Å². The van der Waals surface area contributed by atoms with Crippen molar-refractivity contribution in [2.75, 3.05) is 5.75 Å². The zero-order chi connectivity index (χ0) is 14.2. The smallest absolute Gasteiger partial charge is 0.0134 e. The first kappa shape index (κ1) is 15.1. The summed E-state index contributed by atoms with van der Waals surface area (Å²) in [6.07, 6.45) is 3.39. The van der Waals surface area contributed by atoms with Gasteiger partial charge >= 0.3 is 0 Å². The molecule has 0 saturated carbocycles. The number of hydrogen-bond donors (Lipinski definition) is 1. The van der Waals surface area contributed by atoms with Crippen molar-refractivity contribution in [1.82, 2.24) is 0 Å². The molecule has 2 aromatic carbocycles. The molecule has 0 bridgehead atoms. The topological polar surface area (TPSA) is 26.0 Å². The molecule has 1 atom stereocenters. The van der Waals surface area contributed by atoms with Gasteiger partial charge < -0.3 is 5.73 Å². The van der Waals surface area contributed by atoms with E-state index in [1.807, 2.05) is 11.8 Å². The summed E-state index contributed by atoms with van der Waals surface area (Å²) >= 11 is 1.88. The van der Waals surface area contributed by atoms with E-state index in [1.54, 1.807) is 0 Å². The average Bonchev–Trinajstić information content (AvgIpc) is 2.47. The molecule has 0 heterocycles. The van der Waals surface area contributed by atoms with Crippen LogP contribution >= 0.6 is 11.8 Å². The molecular formula is C18H23NS. The lowest BCUT2D eigenvalue weighted by Gasteiger charge is -2.12. The van der Waals surface area contributed by atoms with E-state index in [0.717, 1.165) is 18.6 Å². The van der Waals surface area contributed by atoms with Crippen LogP contribution in [0.3, 0.4) is 0 Å². The highest BCUT2D eigenvalue weighted by Crippen LogP contribution is 2.23. The lowest BCUT2D eigenvalue weighted by atomic mass is 10.1. The highest BCUT2D eigenvalue weighted by atomic mass is 32.2. The summed E-state index contributed by atoms with van der Waals surface area (Å²) in [6, 6.07) is 19.4. The van der Waals surface area contributed by atoms with Crippen molar-refractivity contribution in [3.05, 3.63) is 65.7 Å². The fourth-order valence-corrected chi connectivity index (χ4v) is 3.24. The van der Waals surface area contributed by atoms with Gasteiger partial charge in [0.1, 0.15) is 0 Å². The highest BCUT2D eigenvalue weighted by molar-refractivity contribution is 7.99. The summed E-state index contributed by atoms with van der Waals surface area (Å²) < 4.78 is 0. The van der Waals surface area contributed by atoms with E-state index < -0.39 is 0 Å². The largest absolute Gasteiger partial charge is 0.327 e. The second kappa shape index (κ2) is 8.13. The van der Waals surface area contributed by atoms with E-state index in [2.05, 4.69) is 61.5 Å². The molecule has 0 saturated heterocycles. The van der Waals surface area contributed by atoms with Gasteiger partial charge in [-0.05, 0) is 43.4 Å². The molecule has 2 N–H and O–H groups in total. The first-order valence-electron chi connectivity index (χ1n) is 7.23. The Hall–Kier alpha value is -1.25. The fourth-order valence-electron chi connectivity index (χ4n) is 2.21. The van der Waals surface area contributed by atoms with Crippen molar-refractivity contribution in [1.29, 1.82) is 0 Å². The third-order valence-electron chi connectivity index (χ3n) is 3.43. The minimum absolute atomic E-state index is 0.281. The van der Waals surface area contributed by atoms with E-state index in [4.69, 9.17) is 5.73 Å². The Labute approximate surface area is 126 Å². The van der Waals surface area contributed by atoms with Crippen LogP contribution in [-0.2, 0) is 6.42 Å². The Morgan fingerprint density at radius 2 is 1.70 bits per heavy atom. The molecule has 0 radical (unpaired) electrons. The molecule has 0 aliphatic carbocycles. The molecule has 1 unspecified atom stereocenters. The van der Waals surface area contributed by atoms with Crippen molar-refractivity contribution < 1.29 is 0 Å². The van der Waals surface area contributed by atoms with Gasteiger partial charge in [-0.3, -0.25) is 0 Å². The monoisotopic (exact) mass is 285 g/mol. The normalized spacial score (nSPS) is 12.3. The quantitative estimate of drug-likeness (QED) is 0.761. The van der Waals surface area contributed by atoms with Crippen molar-refractivity contribution in [2.24, 2.45) is 5.73 Å². The predicted molar refractivity (Wildman–Crippen MR) is 89.3 cm³/mol. The first-order chi connectivity index (χ1) is 9.75. The Kier molecular flexibility index (Phi) is 6.16. The van der Waals surface area contributed by atoms with Crippen LogP contribution in [0.4, 0.5) is 0 Å². The van der Waals surface area contributed by atoms with Crippen LogP contribution in [0.2, 0.25) is 0 Å². The molecule has 0 aliphatic heterocycles. The molecule has 2 aromatic rings. The molecule has 0 aliphatic rings. The van der Waals surface area contributed by atoms with Crippen molar-refractivity contribution in [3.8, 4) is 0 Å². The summed E-state index contributed by atoms with van der Waals surface area (Å²) in [4.78, 5) is 1.35. The van der Waals surface area contributed by atoms with Gasteiger partial charge in [-0.25, -0.2) is 0 Å². The number of thioether (sulfide) groups is 1. The Morgan fingerprint density at radius 1 is 1.00 bits per heavy atom. The Balaban J connectivity index is 1.68. The summed E-state index contributed by atoms with van der Waals surface area (Å²) in [5, 5.41) is 0. The van der Waals surface area contributed by atoms with Gasteiger partial charge in [0, 0.05) is 16.7 Å². The minimum Gasteiger partial charge on any atom is -0.327 e. The number of benzene rings is 2. The summed E-state index contributed by atoms with van der Waals surface area (Å²) in [6.45, 7) is 2.16. The van der Waals surface area contributed by atoms with Gasteiger partial charge in [0.25, 0.3) is 0 Å². The SMILES string of the molecule is Cc1ccccc1SCC(N)CCCc1ccccc1. The Morgan fingerprint density at radius 3 is 2.45 bits per heavy atom.